The Labute approximate surface area is 208 Å². The molecule has 1 amide bonds. The van der Waals surface area contributed by atoms with Gasteiger partial charge in [0.15, 0.2) is 0 Å². The van der Waals surface area contributed by atoms with Gasteiger partial charge in [-0.2, -0.15) is 18.4 Å². The first kappa shape index (κ1) is 26.4. The summed E-state index contributed by atoms with van der Waals surface area (Å²) in [5.74, 6) is -1.00. The molecule has 5 atom stereocenters. The summed E-state index contributed by atoms with van der Waals surface area (Å²) in [6.07, 6.45) is -1.15. The Hall–Kier alpha value is -2.68. The van der Waals surface area contributed by atoms with Crippen molar-refractivity contribution in [2.45, 2.75) is 76.4 Å². The second-order valence-electron chi connectivity index (χ2n) is 9.72. The first-order chi connectivity index (χ1) is 17.1. The summed E-state index contributed by atoms with van der Waals surface area (Å²) in [5.41, 5.74) is 3.17. The summed E-state index contributed by atoms with van der Waals surface area (Å²) in [5, 5.41) is 13.6. The molecule has 3 unspecified atom stereocenters. The molecule has 1 aromatic carbocycles. The topological polar surface area (TPSA) is 74.6 Å². The molecule has 0 aromatic heterocycles. The van der Waals surface area contributed by atoms with Crippen LogP contribution in [0.3, 0.4) is 0 Å². The average molecular weight is 509 g/mol. The van der Waals surface area contributed by atoms with Crippen LogP contribution in [0.2, 0.25) is 0 Å². The van der Waals surface area contributed by atoms with Crippen molar-refractivity contribution < 1.29 is 22.4 Å². The molecule has 3 heterocycles. The standard InChI is InChI=1S/C25H32F4N6O/c1-4-17-13-35(22-11-23(36)31-21-14-33(9-8-30)32-24(21)22)18(5-2)12-34(17)15(3)19-7-6-16(26)10-20(19)25(27,28)29/h6-7,10,14-15,17-18,22,24,32H,4-5,9,11-13H2,1-3H3,(H,31,36)/t15?,17-,18+,22?,24?/m1/s1. The molecule has 0 spiro atoms. The zero-order valence-corrected chi connectivity index (χ0v) is 20.6. The maximum Gasteiger partial charge on any atom is 0.416 e. The number of nitrogens with one attached hydrogen (secondary N) is 2. The van der Waals surface area contributed by atoms with Gasteiger partial charge in [0.05, 0.1) is 23.4 Å². The maximum absolute atomic E-state index is 13.8. The zero-order chi connectivity index (χ0) is 26.2. The number of carbonyl (C=O) groups is 1. The molecule has 0 saturated carbocycles. The van der Waals surface area contributed by atoms with E-state index in [1.807, 2.05) is 13.8 Å². The number of nitriles is 1. The Morgan fingerprint density at radius 2 is 1.92 bits per heavy atom. The van der Waals surface area contributed by atoms with Crippen molar-refractivity contribution in [3.05, 3.63) is 47.0 Å². The molecule has 36 heavy (non-hydrogen) atoms. The third-order valence-electron chi connectivity index (χ3n) is 7.66. The van der Waals surface area contributed by atoms with Crippen LogP contribution >= 0.6 is 0 Å². The SMILES string of the molecule is CC[C@@H]1CN(C2CC(=O)NC3=CN(CC#N)NC32)[C@@H](CC)CN1C(C)c1ccc(F)cc1C(F)(F)F. The summed E-state index contributed by atoms with van der Waals surface area (Å²) in [6, 6.07) is 4.07. The van der Waals surface area contributed by atoms with Crippen molar-refractivity contribution in [3.8, 4) is 6.07 Å². The van der Waals surface area contributed by atoms with Gasteiger partial charge in [-0.25, -0.2) is 9.82 Å². The summed E-state index contributed by atoms with van der Waals surface area (Å²) < 4.78 is 55.0. The number of benzene rings is 1. The van der Waals surface area contributed by atoms with E-state index in [1.165, 1.54) is 6.07 Å². The molecule has 4 rings (SSSR count). The lowest BCUT2D eigenvalue weighted by molar-refractivity contribution is -0.139. The van der Waals surface area contributed by atoms with E-state index < -0.39 is 23.6 Å². The fourth-order valence-corrected chi connectivity index (χ4v) is 5.85. The first-order valence-electron chi connectivity index (χ1n) is 12.4. The molecule has 1 aromatic rings. The molecule has 196 valence electrons. The molecular formula is C25H32F4N6O. The fourth-order valence-electron chi connectivity index (χ4n) is 5.85. The van der Waals surface area contributed by atoms with E-state index in [-0.39, 0.29) is 48.6 Å². The molecule has 2 saturated heterocycles. The third kappa shape index (κ3) is 5.08. The van der Waals surface area contributed by atoms with Gasteiger partial charge in [0.2, 0.25) is 5.91 Å². The van der Waals surface area contributed by atoms with Gasteiger partial charge in [-0.15, -0.1) is 0 Å². The molecule has 11 heteroatoms. The van der Waals surface area contributed by atoms with E-state index in [0.717, 1.165) is 18.2 Å². The van der Waals surface area contributed by atoms with E-state index in [1.54, 1.807) is 18.1 Å². The second-order valence-corrected chi connectivity index (χ2v) is 9.72. The molecular weight excluding hydrogens is 476 g/mol. The number of hydrazine groups is 1. The number of hydrogen-bond donors (Lipinski definition) is 2. The number of hydrogen-bond acceptors (Lipinski definition) is 6. The number of alkyl halides is 3. The van der Waals surface area contributed by atoms with Crippen LogP contribution in [0.1, 0.15) is 57.2 Å². The van der Waals surface area contributed by atoms with Crippen molar-refractivity contribution in [1.82, 2.24) is 25.6 Å². The highest BCUT2D eigenvalue weighted by Crippen LogP contribution is 2.39. The van der Waals surface area contributed by atoms with Gasteiger partial charge in [-0.05, 0) is 37.5 Å². The van der Waals surface area contributed by atoms with Crippen LogP contribution in [0.4, 0.5) is 17.6 Å². The summed E-state index contributed by atoms with van der Waals surface area (Å²) in [4.78, 5) is 17.0. The number of amides is 1. The van der Waals surface area contributed by atoms with Gasteiger partial charge >= 0.3 is 6.18 Å². The van der Waals surface area contributed by atoms with Crippen molar-refractivity contribution in [3.63, 3.8) is 0 Å². The molecule has 0 bridgehead atoms. The summed E-state index contributed by atoms with van der Waals surface area (Å²) in [7, 11) is 0. The number of rotatable bonds is 6. The molecule has 7 nitrogen and oxygen atoms in total. The molecule has 3 aliphatic heterocycles. The Morgan fingerprint density at radius 3 is 2.56 bits per heavy atom. The lowest BCUT2D eigenvalue weighted by Gasteiger charge is -2.53. The minimum Gasteiger partial charge on any atom is -0.327 e. The van der Waals surface area contributed by atoms with E-state index in [0.29, 0.717) is 25.6 Å². The van der Waals surface area contributed by atoms with Crippen molar-refractivity contribution in [2.75, 3.05) is 19.6 Å². The minimum atomic E-state index is -4.65. The number of carbonyl (C=O) groups excluding carboxylic acids is 1. The lowest BCUT2D eigenvalue weighted by atomic mass is 9.89. The molecule has 3 aliphatic rings. The van der Waals surface area contributed by atoms with E-state index in [9.17, 15) is 22.4 Å². The third-order valence-corrected chi connectivity index (χ3v) is 7.66. The quantitative estimate of drug-likeness (QED) is 0.453. The van der Waals surface area contributed by atoms with Gasteiger partial charge in [-0.3, -0.25) is 19.6 Å². The summed E-state index contributed by atoms with van der Waals surface area (Å²) in [6.45, 7) is 7.05. The van der Waals surface area contributed by atoms with Crippen LogP contribution in [0.5, 0.6) is 0 Å². The Morgan fingerprint density at radius 1 is 1.19 bits per heavy atom. The van der Waals surface area contributed by atoms with Crippen LogP contribution in [0, 0.1) is 17.1 Å². The smallest absolute Gasteiger partial charge is 0.327 e. The molecule has 2 fully saturated rings. The second kappa shape index (κ2) is 10.4. The van der Waals surface area contributed by atoms with E-state index >= 15 is 0 Å². The van der Waals surface area contributed by atoms with Gasteiger partial charge in [0.25, 0.3) is 0 Å². The monoisotopic (exact) mass is 508 g/mol. The van der Waals surface area contributed by atoms with E-state index in [4.69, 9.17) is 5.26 Å². The zero-order valence-electron chi connectivity index (χ0n) is 20.6. The van der Waals surface area contributed by atoms with Crippen molar-refractivity contribution >= 4 is 5.91 Å². The van der Waals surface area contributed by atoms with Gasteiger partial charge in [0, 0.05) is 49.9 Å². The Kier molecular flexibility index (Phi) is 7.59. The van der Waals surface area contributed by atoms with Crippen LogP contribution < -0.4 is 10.7 Å². The van der Waals surface area contributed by atoms with Crippen LogP contribution in [0.15, 0.2) is 30.1 Å². The Balaban J connectivity index is 1.61. The number of piperazine rings is 1. The van der Waals surface area contributed by atoms with Gasteiger partial charge in [-0.1, -0.05) is 19.9 Å². The van der Waals surface area contributed by atoms with Crippen molar-refractivity contribution in [1.29, 1.82) is 5.26 Å². The predicted octanol–water partition coefficient (Wildman–Crippen LogP) is 3.52. The highest BCUT2D eigenvalue weighted by atomic mass is 19.4. The van der Waals surface area contributed by atoms with Gasteiger partial charge < -0.3 is 5.32 Å². The van der Waals surface area contributed by atoms with Crippen LogP contribution in [0.25, 0.3) is 0 Å². The number of halogens is 4. The predicted molar refractivity (Wildman–Crippen MR) is 125 cm³/mol. The number of piperidine rings is 1. The lowest BCUT2D eigenvalue weighted by Crippen LogP contribution is -2.66. The number of nitrogens with zero attached hydrogens (tertiary/aromatic N) is 4. The normalized spacial score (nSPS) is 28.3. The highest BCUT2D eigenvalue weighted by Gasteiger charge is 2.46. The molecule has 0 aliphatic carbocycles. The van der Waals surface area contributed by atoms with Gasteiger partial charge in [0.1, 0.15) is 12.4 Å². The molecule has 0 radical (unpaired) electrons. The highest BCUT2D eigenvalue weighted by molar-refractivity contribution is 5.80. The summed E-state index contributed by atoms with van der Waals surface area (Å²) >= 11 is 0. The number of fused-ring (bicyclic) bond motifs is 1. The minimum absolute atomic E-state index is 0.00834. The first-order valence-corrected chi connectivity index (χ1v) is 12.4. The maximum atomic E-state index is 13.8. The Bertz CT molecular complexity index is 1050. The van der Waals surface area contributed by atoms with E-state index in [2.05, 4.69) is 26.6 Å². The molecule has 2 N–H and O–H groups in total. The average Bonchev–Trinajstić information content (AvgIpc) is 3.24. The van der Waals surface area contributed by atoms with Crippen LogP contribution in [-0.2, 0) is 11.0 Å². The van der Waals surface area contributed by atoms with Crippen LogP contribution in [-0.4, -0.2) is 64.5 Å². The fraction of sp³-hybridized carbons (Fsp3) is 0.600. The van der Waals surface area contributed by atoms with Crippen molar-refractivity contribution in [2.24, 2.45) is 0 Å². The largest absolute Gasteiger partial charge is 0.416 e.